The molecule has 0 saturated carbocycles. The first kappa shape index (κ1) is 23.1. The quantitative estimate of drug-likeness (QED) is 0.445. The Labute approximate surface area is 202 Å². The minimum Gasteiger partial charge on any atom is -0.483 e. The number of nitrogens with zero attached hydrogens (tertiary/aromatic N) is 1. The van der Waals surface area contributed by atoms with Crippen LogP contribution in [0.5, 0.6) is 5.75 Å². The normalized spacial score (nSPS) is 14.1. The van der Waals surface area contributed by atoms with E-state index in [1.807, 2.05) is 65.6 Å². The number of nitrogens with one attached hydrogen (secondary N) is 1. The van der Waals surface area contributed by atoms with Crippen molar-refractivity contribution in [2.75, 3.05) is 25.0 Å². The van der Waals surface area contributed by atoms with E-state index in [4.69, 9.17) is 4.74 Å². The van der Waals surface area contributed by atoms with Gasteiger partial charge in [0.15, 0.2) is 6.61 Å². The zero-order valence-electron chi connectivity index (χ0n) is 18.6. The maximum Gasteiger partial charge on any atom is 0.262 e. The first-order valence-electron chi connectivity index (χ1n) is 11.2. The van der Waals surface area contributed by atoms with Gasteiger partial charge in [-0.3, -0.25) is 9.59 Å². The maximum atomic E-state index is 13.0. The summed E-state index contributed by atoms with van der Waals surface area (Å²) in [5.74, 6) is 0.860. The minimum atomic E-state index is -0.318. The second-order valence-corrected chi connectivity index (χ2v) is 9.22. The highest BCUT2D eigenvalue weighted by Crippen LogP contribution is 2.31. The molecule has 6 heteroatoms. The van der Waals surface area contributed by atoms with Crippen molar-refractivity contribution >= 4 is 33.4 Å². The van der Waals surface area contributed by atoms with E-state index < -0.39 is 0 Å². The second-order valence-electron chi connectivity index (χ2n) is 8.37. The standard InChI is InChI=1S/C27H27BrN2O3/c1-19-13-15-30(16-14-19)27(32)22-9-5-6-10-24(22)29-26(31)18-33-25-12-11-21(17-23(25)28)20-7-3-2-4-8-20/h2-12,17,19H,13-16,18H2,1H3,(H,29,31). The monoisotopic (exact) mass is 506 g/mol. The molecule has 0 atom stereocenters. The Morgan fingerprint density at radius 2 is 1.67 bits per heavy atom. The third-order valence-electron chi connectivity index (χ3n) is 5.90. The van der Waals surface area contributed by atoms with E-state index in [-0.39, 0.29) is 18.4 Å². The predicted octanol–water partition coefficient (Wildman–Crippen LogP) is 6.01. The summed E-state index contributed by atoms with van der Waals surface area (Å²) in [6, 6.07) is 23.0. The predicted molar refractivity (Wildman–Crippen MR) is 134 cm³/mol. The van der Waals surface area contributed by atoms with Crippen molar-refractivity contribution in [2.45, 2.75) is 19.8 Å². The fraction of sp³-hybridized carbons (Fsp3) is 0.259. The van der Waals surface area contributed by atoms with Crippen molar-refractivity contribution in [3.05, 3.63) is 82.8 Å². The Hall–Kier alpha value is -3.12. The van der Waals surface area contributed by atoms with E-state index in [9.17, 15) is 9.59 Å². The minimum absolute atomic E-state index is 0.0436. The van der Waals surface area contributed by atoms with Crippen LogP contribution in [0.4, 0.5) is 5.69 Å². The van der Waals surface area contributed by atoms with Crippen LogP contribution in [0.15, 0.2) is 77.3 Å². The molecule has 1 heterocycles. The van der Waals surface area contributed by atoms with Crippen molar-refractivity contribution in [3.63, 3.8) is 0 Å². The molecule has 0 unspecified atom stereocenters. The first-order valence-corrected chi connectivity index (χ1v) is 12.0. The molecular formula is C27H27BrN2O3. The largest absolute Gasteiger partial charge is 0.483 e. The first-order chi connectivity index (χ1) is 16.0. The number of para-hydroxylation sites is 1. The molecule has 1 saturated heterocycles. The topological polar surface area (TPSA) is 58.6 Å². The van der Waals surface area contributed by atoms with Gasteiger partial charge in [0.05, 0.1) is 15.7 Å². The molecule has 2 amide bonds. The molecule has 1 aliphatic heterocycles. The highest BCUT2D eigenvalue weighted by Gasteiger charge is 2.23. The second kappa shape index (κ2) is 10.7. The zero-order chi connectivity index (χ0) is 23.2. The molecule has 0 spiro atoms. The number of benzene rings is 3. The number of hydrogen-bond donors (Lipinski definition) is 1. The maximum absolute atomic E-state index is 13.0. The summed E-state index contributed by atoms with van der Waals surface area (Å²) in [5.41, 5.74) is 3.17. The molecular weight excluding hydrogens is 480 g/mol. The summed E-state index contributed by atoms with van der Waals surface area (Å²) in [6.45, 7) is 3.55. The molecule has 0 radical (unpaired) electrons. The number of piperidine rings is 1. The van der Waals surface area contributed by atoms with Gasteiger partial charge in [-0.2, -0.15) is 0 Å². The van der Waals surface area contributed by atoms with Gasteiger partial charge < -0.3 is 15.0 Å². The van der Waals surface area contributed by atoms with Crippen LogP contribution in [-0.2, 0) is 4.79 Å². The van der Waals surface area contributed by atoms with Gasteiger partial charge in [0.1, 0.15) is 5.75 Å². The number of hydrogen-bond acceptors (Lipinski definition) is 3. The third-order valence-corrected chi connectivity index (χ3v) is 6.52. The lowest BCUT2D eigenvalue weighted by molar-refractivity contribution is -0.118. The van der Waals surface area contributed by atoms with Crippen molar-refractivity contribution in [3.8, 4) is 16.9 Å². The van der Waals surface area contributed by atoms with Crippen LogP contribution in [0.25, 0.3) is 11.1 Å². The molecule has 1 fully saturated rings. The summed E-state index contributed by atoms with van der Waals surface area (Å²) in [4.78, 5) is 27.5. The van der Waals surface area contributed by atoms with Crippen molar-refractivity contribution in [1.82, 2.24) is 4.90 Å². The number of ether oxygens (including phenoxy) is 1. The van der Waals surface area contributed by atoms with Gasteiger partial charge in [-0.25, -0.2) is 0 Å². The summed E-state index contributed by atoms with van der Waals surface area (Å²) in [5, 5.41) is 2.84. The summed E-state index contributed by atoms with van der Waals surface area (Å²) < 4.78 is 6.51. The Morgan fingerprint density at radius 3 is 2.39 bits per heavy atom. The number of amides is 2. The van der Waals surface area contributed by atoms with E-state index in [0.29, 0.717) is 22.9 Å². The number of likely N-dealkylation sites (tertiary alicyclic amines) is 1. The number of halogens is 1. The molecule has 33 heavy (non-hydrogen) atoms. The van der Waals surface area contributed by atoms with Gasteiger partial charge in [-0.15, -0.1) is 0 Å². The van der Waals surface area contributed by atoms with Gasteiger partial charge in [0.2, 0.25) is 0 Å². The number of carbonyl (C=O) groups excluding carboxylic acids is 2. The zero-order valence-corrected chi connectivity index (χ0v) is 20.2. The Bertz CT molecular complexity index is 1130. The van der Waals surface area contributed by atoms with Crippen LogP contribution in [0.2, 0.25) is 0 Å². The Kier molecular flexibility index (Phi) is 7.45. The van der Waals surface area contributed by atoms with Crippen LogP contribution in [0.3, 0.4) is 0 Å². The van der Waals surface area contributed by atoms with Crippen LogP contribution < -0.4 is 10.1 Å². The molecule has 0 aliphatic carbocycles. The van der Waals surface area contributed by atoms with Gasteiger partial charge >= 0.3 is 0 Å². The van der Waals surface area contributed by atoms with Crippen LogP contribution in [0.1, 0.15) is 30.1 Å². The highest BCUT2D eigenvalue weighted by atomic mass is 79.9. The van der Waals surface area contributed by atoms with Crippen LogP contribution in [0, 0.1) is 5.92 Å². The lowest BCUT2D eigenvalue weighted by Crippen LogP contribution is -2.38. The number of anilines is 1. The van der Waals surface area contributed by atoms with Crippen LogP contribution >= 0.6 is 15.9 Å². The molecule has 1 aliphatic rings. The van der Waals surface area contributed by atoms with Gasteiger partial charge in [-0.05, 0) is 70.1 Å². The van der Waals surface area contributed by atoms with E-state index in [1.54, 1.807) is 12.1 Å². The molecule has 3 aromatic rings. The highest BCUT2D eigenvalue weighted by molar-refractivity contribution is 9.10. The molecule has 170 valence electrons. The summed E-state index contributed by atoms with van der Waals surface area (Å²) in [7, 11) is 0. The van der Waals surface area contributed by atoms with Gasteiger partial charge in [0.25, 0.3) is 11.8 Å². The molecule has 4 rings (SSSR count). The lowest BCUT2D eigenvalue weighted by atomic mass is 9.98. The van der Waals surface area contributed by atoms with E-state index >= 15 is 0 Å². The van der Waals surface area contributed by atoms with Crippen LogP contribution in [-0.4, -0.2) is 36.4 Å². The Morgan fingerprint density at radius 1 is 0.970 bits per heavy atom. The van der Waals surface area contributed by atoms with Crippen molar-refractivity contribution in [1.29, 1.82) is 0 Å². The summed E-state index contributed by atoms with van der Waals surface area (Å²) in [6.07, 6.45) is 2.01. The van der Waals surface area contributed by atoms with Gasteiger partial charge in [-0.1, -0.05) is 55.5 Å². The smallest absolute Gasteiger partial charge is 0.262 e. The third kappa shape index (κ3) is 5.82. The van der Waals surface area contributed by atoms with Crippen molar-refractivity contribution in [2.24, 2.45) is 5.92 Å². The van der Waals surface area contributed by atoms with Gasteiger partial charge in [0, 0.05) is 13.1 Å². The lowest BCUT2D eigenvalue weighted by Gasteiger charge is -2.30. The van der Waals surface area contributed by atoms with Crippen molar-refractivity contribution < 1.29 is 14.3 Å². The fourth-order valence-electron chi connectivity index (χ4n) is 3.92. The Balaban J connectivity index is 1.38. The van der Waals surface area contributed by atoms with E-state index in [2.05, 4.69) is 28.2 Å². The molecule has 1 N–H and O–H groups in total. The fourth-order valence-corrected chi connectivity index (χ4v) is 4.41. The molecule has 5 nitrogen and oxygen atoms in total. The van der Waals surface area contributed by atoms with E-state index in [0.717, 1.165) is 41.5 Å². The summed E-state index contributed by atoms with van der Waals surface area (Å²) >= 11 is 3.53. The SMILES string of the molecule is CC1CCN(C(=O)c2ccccc2NC(=O)COc2ccc(-c3ccccc3)cc2Br)CC1. The number of carbonyl (C=O) groups is 2. The molecule has 3 aromatic carbocycles. The molecule has 0 bridgehead atoms. The number of rotatable bonds is 6. The average molecular weight is 507 g/mol. The van der Waals surface area contributed by atoms with E-state index in [1.165, 1.54) is 0 Å². The average Bonchev–Trinajstić information content (AvgIpc) is 2.84. The molecule has 0 aromatic heterocycles.